The third-order valence-electron chi connectivity index (χ3n) is 0.726. The van der Waals surface area contributed by atoms with Gasteiger partial charge in [-0.15, -0.1) is 0 Å². The zero-order chi connectivity index (χ0) is 8.36. The third kappa shape index (κ3) is 6.30. The molecular formula is C5H5F3MgO2+2. The summed E-state index contributed by atoms with van der Waals surface area (Å²) in [4.78, 5) is 19.9. The van der Waals surface area contributed by atoms with E-state index >= 15 is 0 Å². The van der Waals surface area contributed by atoms with Gasteiger partial charge in [0.05, 0.1) is 6.42 Å². The van der Waals surface area contributed by atoms with Crippen LogP contribution in [0.4, 0.5) is 13.2 Å². The molecule has 6 heteroatoms. The van der Waals surface area contributed by atoms with Gasteiger partial charge in [0.2, 0.25) is 5.78 Å². The first-order valence-electron chi connectivity index (χ1n) is 2.43. The Labute approximate surface area is 77.3 Å². The Kier molecular flexibility index (Phi) is 5.77. The van der Waals surface area contributed by atoms with Gasteiger partial charge in [0.15, 0.2) is 0 Å². The number of ketones is 2. The molecule has 0 aromatic heterocycles. The normalized spacial score (nSPS) is 10.2. The maximum Gasteiger partial charge on any atom is 2.00 e. The van der Waals surface area contributed by atoms with Crippen molar-refractivity contribution < 1.29 is 22.8 Å². The molecule has 58 valence electrons. The van der Waals surface area contributed by atoms with Crippen LogP contribution in [0.3, 0.4) is 0 Å². The molecule has 0 unspecified atom stereocenters. The summed E-state index contributed by atoms with van der Waals surface area (Å²) >= 11 is 0. The summed E-state index contributed by atoms with van der Waals surface area (Å²) in [6.45, 7) is 0.934. The van der Waals surface area contributed by atoms with Gasteiger partial charge in [0.25, 0.3) is 0 Å². The summed E-state index contributed by atoms with van der Waals surface area (Å²) in [6.07, 6.45) is -5.92. The fourth-order valence-electron chi connectivity index (χ4n) is 0.326. The largest absolute Gasteiger partial charge is 2.00 e. The minimum Gasteiger partial charge on any atom is -0.300 e. The smallest absolute Gasteiger partial charge is 0.300 e. The molecule has 0 atom stereocenters. The van der Waals surface area contributed by atoms with Crippen molar-refractivity contribution in [2.75, 3.05) is 0 Å². The fourth-order valence-corrected chi connectivity index (χ4v) is 0.326. The molecule has 0 fully saturated rings. The molecule has 0 rings (SSSR count). The third-order valence-corrected chi connectivity index (χ3v) is 0.726. The van der Waals surface area contributed by atoms with Gasteiger partial charge in [-0.25, -0.2) is 0 Å². The summed E-state index contributed by atoms with van der Waals surface area (Å²) in [5, 5.41) is 0. The first-order valence-corrected chi connectivity index (χ1v) is 2.43. The molecule has 2 nitrogen and oxygen atoms in total. The molecule has 0 spiro atoms. The molecule has 0 amide bonds. The van der Waals surface area contributed by atoms with Crippen LogP contribution >= 0.6 is 0 Å². The van der Waals surface area contributed by atoms with Crippen molar-refractivity contribution in [3.05, 3.63) is 0 Å². The SMILES string of the molecule is CC(=O)CC(=O)C(F)(F)F.[Mg+2]. The van der Waals surface area contributed by atoms with Gasteiger partial charge in [-0.05, 0) is 6.92 Å². The molecule has 0 N–H and O–H groups in total. The van der Waals surface area contributed by atoms with Crippen LogP contribution < -0.4 is 0 Å². The van der Waals surface area contributed by atoms with E-state index in [2.05, 4.69) is 0 Å². The van der Waals surface area contributed by atoms with E-state index in [0.717, 1.165) is 6.92 Å². The number of rotatable bonds is 2. The van der Waals surface area contributed by atoms with Crippen molar-refractivity contribution in [3.63, 3.8) is 0 Å². The van der Waals surface area contributed by atoms with Gasteiger partial charge in [-0.3, -0.25) is 9.59 Å². The van der Waals surface area contributed by atoms with Gasteiger partial charge in [0, 0.05) is 0 Å². The van der Waals surface area contributed by atoms with Crippen LogP contribution in [-0.2, 0) is 9.59 Å². The van der Waals surface area contributed by atoms with E-state index in [4.69, 9.17) is 0 Å². The Balaban J connectivity index is 0. The minimum atomic E-state index is -4.87. The summed E-state index contributed by atoms with van der Waals surface area (Å²) in [7, 11) is 0. The van der Waals surface area contributed by atoms with Gasteiger partial charge < -0.3 is 0 Å². The molecule has 11 heavy (non-hydrogen) atoms. The molecule has 0 aliphatic rings. The molecular weight excluding hydrogens is 173 g/mol. The first-order chi connectivity index (χ1) is 4.34. The summed E-state index contributed by atoms with van der Waals surface area (Å²) in [5.41, 5.74) is 0. The van der Waals surface area contributed by atoms with Crippen molar-refractivity contribution in [2.24, 2.45) is 0 Å². The van der Waals surface area contributed by atoms with Gasteiger partial charge in [0.1, 0.15) is 5.78 Å². The zero-order valence-electron chi connectivity index (χ0n) is 5.86. The molecule has 0 aromatic carbocycles. The van der Waals surface area contributed by atoms with E-state index in [9.17, 15) is 22.8 Å². The number of alkyl halides is 3. The minimum absolute atomic E-state index is 0. The molecule has 0 saturated carbocycles. The predicted octanol–water partition coefficient (Wildman–Crippen LogP) is 0.716. The summed E-state index contributed by atoms with van der Waals surface area (Å²) in [6, 6.07) is 0. The molecule has 0 radical (unpaired) electrons. The Bertz CT molecular complexity index is 164. The summed E-state index contributed by atoms with van der Waals surface area (Å²) < 4.78 is 33.9. The average Bonchev–Trinajstić information content (AvgIpc) is 1.60. The second-order valence-corrected chi connectivity index (χ2v) is 1.80. The molecule has 0 aromatic rings. The van der Waals surface area contributed by atoms with E-state index in [1.807, 2.05) is 0 Å². The molecule has 0 aliphatic carbocycles. The predicted molar refractivity (Wildman–Crippen MR) is 32.1 cm³/mol. The van der Waals surface area contributed by atoms with Crippen molar-refractivity contribution in [1.82, 2.24) is 0 Å². The van der Waals surface area contributed by atoms with Crippen LogP contribution in [0.2, 0.25) is 0 Å². The Hall–Kier alpha value is -0.104. The standard InChI is InChI=1S/C5H5F3O2.Mg/c1-3(9)2-4(10)5(6,7)8;/h2H2,1H3;/q;+2. The molecule has 0 saturated heterocycles. The van der Waals surface area contributed by atoms with E-state index in [1.54, 1.807) is 0 Å². The van der Waals surface area contributed by atoms with E-state index in [-0.39, 0.29) is 23.1 Å². The van der Waals surface area contributed by atoms with Gasteiger partial charge >= 0.3 is 29.2 Å². The fraction of sp³-hybridized carbons (Fsp3) is 0.600. The molecule has 0 bridgehead atoms. The second kappa shape index (κ2) is 4.71. The van der Waals surface area contributed by atoms with E-state index in [1.165, 1.54) is 0 Å². The zero-order valence-corrected chi connectivity index (χ0v) is 7.28. The van der Waals surface area contributed by atoms with Crippen molar-refractivity contribution >= 4 is 34.6 Å². The number of carbonyl (C=O) groups is 2. The second-order valence-electron chi connectivity index (χ2n) is 1.80. The van der Waals surface area contributed by atoms with Crippen LogP contribution in [0, 0.1) is 0 Å². The number of carbonyl (C=O) groups excluding carboxylic acids is 2. The Morgan fingerprint density at radius 1 is 1.27 bits per heavy atom. The maximum atomic E-state index is 11.3. The van der Waals surface area contributed by atoms with Crippen LogP contribution in [-0.4, -0.2) is 40.8 Å². The number of hydrogen-bond donors (Lipinski definition) is 0. The van der Waals surface area contributed by atoms with Crippen LogP contribution in [0.5, 0.6) is 0 Å². The Morgan fingerprint density at radius 2 is 1.64 bits per heavy atom. The number of hydrogen-bond acceptors (Lipinski definition) is 2. The first kappa shape index (κ1) is 13.5. The molecule has 0 heterocycles. The van der Waals surface area contributed by atoms with Crippen LogP contribution in [0.1, 0.15) is 13.3 Å². The number of Topliss-reactive ketones (excluding diaryl/α,β-unsaturated/α-hetero) is 2. The summed E-state index contributed by atoms with van der Waals surface area (Å²) in [5.74, 6) is -2.76. The van der Waals surface area contributed by atoms with Crippen molar-refractivity contribution in [1.29, 1.82) is 0 Å². The monoisotopic (exact) mass is 178 g/mol. The average molecular weight is 178 g/mol. The topological polar surface area (TPSA) is 34.1 Å². The Morgan fingerprint density at radius 3 is 1.73 bits per heavy atom. The van der Waals surface area contributed by atoms with E-state index < -0.39 is 24.2 Å². The van der Waals surface area contributed by atoms with Crippen molar-refractivity contribution in [3.8, 4) is 0 Å². The van der Waals surface area contributed by atoms with Gasteiger partial charge in [-0.1, -0.05) is 0 Å². The van der Waals surface area contributed by atoms with Crippen LogP contribution in [0.15, 0.2) is 0 Å². The molecule has 0 aliphatic heterocycles. The number of halogens is 3. The van der Waals surface area contributed by atoms with Crippen molar-refractivity contribution in [2.45, 2.75) is 19.5 Å². The van der Waals surface area contributed by atoms with Gasteiger partial charge in [-0.2, -0.15) is 13.2 Å². The van der Waals surface area contributed by atoms with Crippen LogP contribution in [0.25, 0.3) is 0 Å². The van der Waals surface area contributed by atoms with E-state index in [0.29, 0.717) is 0 Å². The maximum absolute atomic E-state index is 11.3. The quantitative estimate of drug-likeness (QED) is 0.461.